The number of thioether (sulfide) groups is 1. The molecule has 1 aromatic rings. The third kappa shape index (κ3) is 4.97. The molecular weight excluding hydrogens is 412 g/mol. The third-order valence-corrected chi connectivity index (χ3v) is 7.17. The Balaban J connectivity index is 1.79. The lowest BCUT2D eigenvalue weighted by atomic mass is 10.1. The third-order valence-electron chi connectivity index (χ3n) is 5.72. The van der Waals surface area contributed by atoms with Crippen LogP contribution in [0.3, 0.4) is 0 Å². The number of hydrogen-bond donors (Lipinski definition) is 0. The second-order valence-electron chi connectivity index (χ2n) is 7.98. The van der Waals surface area contributed by atoms with Crippen molar-refractivity contribution in [1.29, 1.82) is 0 Å². The fourth-order valence-corrected chi connectivity index (χ4v) is 5.41. The first-order valence-electron chi connectivity index (χ1n) is 11.3. The van der Waals surface area contributed by atoms with Crippen molar-refractivity contribution in [2.45, 2.75) is 71.6 Å². The molecule has 6 heteroatoms. The van der Waals surface area contributed by atoms with Gasteiger partial charge in [0.2, 0.25) is 0 Å². The number of unbranched alkanes of at least 4 members (excludes halogenated alkanes) is 7. The van der Waals surface area contributed by atoms with Gasteiger partial charge in [-0.05, 0) is 18.9 Å². The Morgan fingerprint density at radius 2 is 1.40 bits per heavy atom. The molecule has 1 saturated heterocycles. The van der Waals surface area contributed by atoms with Gasteiger partial charge in [-0.3, -0.25) is 14.5 Å². The van der Waals surface area contributed by atoms with Crippen LogP contribution in [0.15, 0.2) is 29.2 Å². The average molecular weight is 445 g/mol. The van der Waals surface area contributed by atoms with E-state index in [0.29, 0.717) is 27.9 Å². The minimum atomic E-state index is -0.107. The molecule has 162 valence electrons. The van der Waals surface area contributed by atoms with Gasteiger partial charge in [0.1, 0.15) is 4.32 Å². The summed E-state index contributed by atoms with van der Waals surface area (Å²) >= 11 is 6.78. The molecule has 0 unspecified atom stereocenters. The van der Waals surface area contributed by atoms with Crippen LogP contribution in [0.5, 0.6) is 0 Å². The fourth-order valence-electron chi connectivity index (χ4n) is 4.03. The summed E-state index contributed by atoms with van der Waals surface area (Å²) in [6, 6.07) is 7.83. The van der Waals surface area contributed by atoms with Crippen molar-refractivity contribution in [2.24, 2.45) is 0 Å². The van der Waals surface area contributed by atoms with Gasteiger partial charge in [0.15, 0.2) is 0 Å². The number of fused-ring (bicyclic) bond motifs is 1. The van der Waals surface area contributed by atoms with Crippen molar-refractivity contribution < 1.29 is 9.59 Å². The van der Waals surface area contributed by atoms with Crippen LogP contribution in [0.2, 0.25) is 0 Å². The minimum Gasteiger partial charge on any atom is -0.308 e. The van der Waals surface area contributed by atoms with Crippen molar-refractivity contribution in [2.75, 3.05) is 18.0 Å². The van der Waals surface area contributed by atoms with E-state index in [1.54, 1.807) is 4.90 Å². The van der Waals surface area contributed by atoms with Crippen LogP contribution in [0, 0.1) is 0 Å². The zero-order valence-corrected chi connectivity index (χ0v) is 19.7. The summed E-state index contributed by atoms with van der Waals surface area (Å²) in [6.45, 7) is 5.70. The van der Waals surface area contributed by atoms with Gasteiger partial charge in [-0.15, -0.1) is 0 Å². The zero-order valence-electron chi connectivity index (χ0n) is 18.1. The number of rotatable bonds is 11. The Labute approximate surface area is 190 Å². The van der Waals surface area contributed by atoms with E-state index in [1.165, 1.54) is 31.0 Å². The Morgan fingerprint density at radius 1 is 0.800 bits per heavy atom. The summed E-state index contributed by atoms with van der Waals surface area (Å²) in [5, 5.41) is 0. The van der Waals surface area contributed by atoms with Gasteiger partial charge in [0.05, 0.1) is 16.2 Å². The Hall–Kier alpha value is -1.66. The maximum Gasteiger partial charge on any atom is 0.267 e. The standard InChI is InChI=1S/C24H32N2O2S2/c1-3-5-7-9-13-16-25-19-15-11-10-14-18(19)20(22(25)27)21-23(28)26(24(29)30-21)17-12-8-6-4-2/h10-11,14-15H,3-9,12-13,16-17H2,1-2H3/b21-20-. The Bertz CT molecular complexity index is 834. The van der Waals surface area contributed by atoms with Crippen LogP contribution >= 0.6 is 24.0 Å². The number of nitrogens with zero attached hydrogens (tertiary/aromatic N) is 2. The summed E-state index contributed by atoms with van der Waals surface area (Å²) in [7, 11) is 0. The molecule has 3 rings (SSSR count). The quantitative estimate of drug-likeness (QED) is 0.233. The molecule has 4 nitrogen and oxygen atoms in total. The molecule has 0 N–H and O–H groups in total. The van der Waals surface area contributed by atoms with Crippen molar-refractivity contribution >= 4 is 51.4 Å². The normalized spacial score (nSPS) is 18.7. The Morgan fingerprint density at radius 3 is 2.10 bits per heavy atom. The molecule has 2 aliphatic rings. The van der Waals surface area contributed by atoms with Crippen molar-refractivity contribution in [3.8, 4) is 0 Å². The summed E-state index contributed by atoms with van der Waals surface area (Å²) in [4.78, 5) is 30.6. The maximum absolute atomic E-state index is 13.4. The SMILES string of the molecule is CCCCCCCN1C(=O)/C(=C2\SC(=S)N(CCCCCC)C2=O)c2ccccc21. The molecular formula is C24H32N2O2S2. The first kappa shape index (κ1) is 23.0. The maximum atomic E-state index is 13.4. The van der Waals surface area contributed by atoms with Gasteiger partial charge < -0.3 is 4.90 Å². The topological polar surface area (TPSA) is 40.6 Å². The van der Waals surface area contributed by atoms with Gasteiger partial charge in [-0.1, -0.05) is 101 Å². The number of amides is 2. The molecule has 0 atom stereocenters. The van der Waals surface area contributed by atoms with Crippen LogP contribution in [-0.2, 0) is 9.59 Å². The van der Waals surface area contributed by atoms with Crippen LogP contribution in [0.25, 0.3) is 5.57 Å². The second-order valence-corrected chi connectivity index (χ2v) is 9.62. The molecule has 0 radical (unpaired) electrons. The summed E-state index contributed by atoms with van der Waals surface area (Å²) in [5.41, 5.74) is 2.32. The molecule has 2 amide bonds. The number of thiocarbonyl (C=S) groups is 1. The highest BCUT2D eigenvalue weighted by Crippen LogP contribution is 2.44. The van der Waals surface area contributed by atoms with Crippen LogP contribution in [0.4, 0.5) is 5.69 Å². The van der Waals surface area contributed by atoms with Crippen LogP contribution in [-0.4, -0.2) is 34.1 Å². The second kappa shape index (κ2) is 11.1. The highest BCUT2D eigenvalue weighted by Gasteiger charge is 2.41. The van der Waals surface area contributed by atoms with E-state index in [-0.39, 0.29) is 11.8 Å². The number of carbonyl (C=O) groups is 2. The molecule has 0 aromatic heterocycles. The number of carbonyl (C=O) groups excluding carboxylic acids is 2. The van der Waals surface area contributed by atoms with E-state index < -0.39 is 0 Å². The summed E-state index contributed by atoms with van der Waals surface area (Å²) < 4.78 is 0.572. The molecule has 0 bridgehead atoms. The zero-order chi connectivity index (χ0) is 21.5. The van der Waals surface area contributed by atoms with E-state index in [2.05, 4.69) is 13.8 Å². The fraction of sp³-hybridized carbons (Fsp3) is 0.542. The van der Waals surface area contributed by atoms with Gasteiger partial charge >= 0.3 is 0 Å². The Kier molecular flexibility index (Phi) is 8.51. The van der Waals surface area contributed by atoms with E-state index in [9.17, 15) is 9.59 Å². The van der Waals surface area contributed by atoms with Gasteiger partial charge in [-0.25, -0.2) is 0 Å². The molecule has 2 heterocycles. The van der Waals surface area contributed by atoms with Crippen molar-refractivity contribution in [3.63, 3.8) is 0 Å². The molecule has 30 heavy (non-hydrogen) atoms. The van der Waals surface area contributed by atoms with Gasteiger partial charge in [0, 0.05) is 18.7 Å². The molecule has 1 aromatic carbocycles. The number of hydrogen-bond acceptors (Lipinski definition) is 4. The monoisotopic (exact) mass is 444 g/mol. The average Bonchev–Trinajstić information content (AvgIpc) is 3.18. The summed E-state index contributed by atoms with van der Waals surface area (Å²) in [6.07, 6.45) is 10.1. The molecule has 0 aliphatic carbocycles. The van der Waals surface area contributed by atoms with E-state index >= 15 is 0 Å². The smallest absolute Gasteiger partial charge is 0.267 e. The van der Waals surface area contributed by atoms with Crippen molar-refractivity contribution in [3.05, 3.63) is 34.7 Å². The van der Waals surface area contributed by atoms with Crippen LogP contribution < -0.4 is 4.90 Å². The molecule has 1 fully saturated rings. The minimum absolute atomic E-state index is 0.0572. The molecule has 2 aliphatic heterocycles. The lowest BCUT2D eigenvalue weighted by Gasteiger charge is -2.17. The van der Waals surface area contributed by atoms with E-state index in [4.69, 9.17) is 12.2 Å². The number of anilines is 1. The first-order chi connectivity index (χ1) is 14.6. The number of benzene rings is 1. The van der Waals surface area contributed by atoms with Gasteiger partial charge in [-0.2, -0.15) is 0 Å². The lowest BCUT2D eigenvalue weighted by molar-refractivity contribution is -0.122. The van der Waals surface area contributed by atoms with Gasteiger partial charge in [0.25, 0.3) is 11.8 Å². The molecule has 0 spiro atoms. The molecule has 0 saturated carbocycles. The first-order valence-corrected chi connectivity index (χ1v) is 12.5. The summed E-state index contributed by atoms with van der Waals surface area (Å²) in [5.74, 6) is -0.164. The predicted molar refractivity (Wildman–Crippen MR) is 131 cm³/mol. The predicted octanol–water partition coefficient (Wildman–Crippen LogP) is 6.16. The van der Waals surface area contributed by atoms with Crippen LogP contribution in [0.1, 0.15) is 77.2 Å². The highest BCUT2D eigenvalue weighted by atomic mass is 32.2. The number of para-hydroxylation sites is 1. The van der Waals surface area contributed by atoms with E-state index in [1.807, 2.05) is 29.2 Å². The highest BCUT2D eigenvalue weighted by molar-refractivity contribution is 8.26. The van der Waals surface area contributed by atoms with E-state index in [0.717, 1.165) is 49.8 Å². The van der Waals surface area contributed by atoms with Crippen molar-refractivity contribution in [1.82, 2.24) is 4.90 Å². The lowest BCUT2D eigenvalue weighted by Crippen LogP contribution is -2.30. The largest absolute Gasteiger partial charge is 0.308 e.